The van der Waals surface area contributed by atoms with Crippen molar-refractivity contribution in [1.29, 1.82) is 0 Å². The Hall–Kier alpha value is -2.02. The molecule has 3 atom stereocenters. The first kappa shape index (κ1) is 18.8. The molecule has 1 aliphatic rings. The number of piperidine rings is 1. The predicted octanol–water partition coefficient (Wildman–Crippen LogP) is 3.75. The molecule has 140 valence electrons. The summed E-state index contributed by atoms with van der Waals surface area (Å²) >= 11 is 1.40. The summed E-state index contributed by atoms with van der Waals surface area (Å²) in [5.41, 5.74) is 0.933. The second-order valence-electron chi connectivity index (χ2n) is 6.83. The van der Waals surface area contributed by atoms with Gasteiger partial charge >= 0.3 is 0 Å². The molecule has 0 saturated carbocycles. The van der Waals surface area contributed by atoms with Crippen molar-refractivity contribution in [3.05, 3.63) is 24.3 Å². The van der Waals surface area contributed by atoms with Gasteiger partial charge in [0.05, 0.1) is 12.4 Å². The molecule has 0 radical (unpaired) electrons. The highest BCUT2D eigenvalue weighted by Crippen LogP contribution is 2.29. The lowest BCUT2D eigenvalue weighted by Gasteiger charge is -2.40. The van der Waals surface area contributed by atoms with Crippen LogP contribution in [0.3, 0.4) is 0 Å². The number of benzene rings is 1. The van der Waals surface area contributed by atoms with Gasteiger partial charge in [0.2, 0.25) is 11.1 Å². The van der Waals surface area contributed by atoms with Crippen molar-refractivity contribution >= 4 is 17.7 Å². The highest BCUT2D eigenvalue weighted by Gasteiger charge is 2.32. The largest absolute Gasteiger partial charge is 0.497 e. The summed E-state index contributed by atoms with van der Waals surface area (Å²) in [6.45, 7) is 6.21. The lowest BCUT2D eigenvalue weighted by Crippen LogP contribution is -2.50. The van der Waals surface area contributed by atoms with Gasteiger partial charge in [0.1, 0.15) is 5.75 Å². The second-order valence-corrected chi connectivity index (χ2v) is 8.14. The summed E-state index contributed by atoms with van der Waals surface area (Å²) in [6.07, 6.45) is 3.35. The molecule has 1 aliphatic heterocycles. The molecule has 0 aliphatic carbocycles. The van der Waals surface area contributed by atoms with Gasteiger partial charge in [-0.15, -0.1) is 5.10 Å². The molecule has 2 heterocycles. The molecule has 1 aromatic heterocycles. The zero-order valence-corrected chi connectivity index (χ0v) is 16.5. The van der Waals surface area contributed by atoms with Gasteiger partial charge in [0.25, 0.3) is 0 Å². The summed E-state index contributed by atoms with van der Waals surface area (Å²) in [4.78, 5) is 19.5. The van der Waals surface area contributed by atoms with E-state index in [1.165, 1.54) is 18.2 Å². The van der Waals surface area contributed by atoms with Gasteiger partial charge < -0.3 is 9.64 Å². The second kappa shape index (κ2) is 8.12. The van der Waals surface area contributed by atoms with Crippen LogP contribution in [-0.4, -0.2) is 50.4 Å². The zero-order chi connectivity index (χ0) is 18.7. The van der Waals surface area contributed by atoms with Gasteiger partial charge in [-0.25, -0.2) is 4.98 Å². The molecule has 0 spiro atoms. The smallest absolute Gasteiger partial charge is 0.236 e. The summed E-state index contributed by atoms with van der Waals surface area (Å²) < 4.78 is 5.17. The molecule has 26 heavy (non-hydrogen) atoms. The van der Waals surface area contributed by atoms with Crippen LogP contribution in [0.1, 0.15) is 40.0 Å². The zero-order valence-electron chi connectivity index (χ0n) is 15.7. The molecule has 3 rings (SSSR count). The van der Waals surface area contributed by atoms with Gasteiger partial charge in [-0.2, -0.15) is 0 Å². The molecular formula is C19H26N4O2S. The number of hydrogen-bond donors (Lipinski definition) is 1. The summed E-state index contributed by atoms with van der Waals surface area (Å²) in [6, 6.07) is 8.23. The number of nitrogens with one attached hydrogen (secondary N) is 1. The molecule has 1 amide bonds. The van der Waals surface area contributed by atoms with E-state index in [0.717, 1.165) is 24.2 Å². The van der Waals surface area contributed by atoms with Crippen LogP contribution in [-0.2, 0) is 4.79 Å². The van der Waals surface area contributed by atoms with Crippen molar-refractivity contribution < 1.29 is 9.53 Å². The van der Waals surface area contributed by atoms with Gasteiger partial charge in [-0.3, -0.25) is 9.89 Å². The van der Waals surface area contributed by atoms with E-state index in [-0.39, 0.29) is 11.2 Å². The fraction of sp³-hybridized carbons (Fsp3) is 0.526. The Morgan fingerprint density at radius 1 is 1.27 bits per heavy atom. The van der Waals surface area contributed by atoms with Crippen LogP contribution in [0.25, 0.3) is 11.4 Å². The number of rotatable bonds is 5. The quantitative estimate of drug-likeness (QED) is 0.807. The average molecular weight is 375 g/mol. The molecule has 1 N–H and O–H groups in total. The Labute approximate surface area is 158 Å². The monoisotopic (exact) mass is 374 g/mol. The van der Waals surface area contributed by atoms with E-state index < -0.39 is 0 Å². The molecule has 0 unspecified atom stereocenters. The number of aromatic amines is 1. The summed E-state index contributed by atoms with van der Waals surface area (Å²) in [5.74, 6) is 1.66. The first-order valence-electron chi connectivity index (χ1n) is 9.05. The number of aromatic nitrogens is 3. The maximum absolute atomic E-state index is 12.9. The van der Waals surface area contributed by atoms with Crippen LogP contribution in [0.4, 0.5) is 0 Å². The number of likely N-dealkylation sites (tertiary alicyclic amines) is 1. The van der Waals surface area contributed by atoms with E-state index in [1.54, 1.807) is 7.11 Å². The van der Waals surface area contributed by atoms with E-state index in [1.807, 2.05) is 36.1 Å². The lowest BCUT2D eigenvalue weighted by atomic mass is 9.97. The molecule has 2 aromatic rings. The first-order valence-corrected chi connectivity index (χ1v) is 9.93. The lowest BCUT2D eigenvalue weighted by molar-refractivity contribution is -0.136. The van der Waals surface area contributed by atoms with Gasteiger partial charge in [-0.05, 0) is 64.3 Å². The van der Waals surface area contributed by atoms with E-state index in [0.29, 0.717) is 23.1 Å². The molecular weight excluding hydrogens is 348 g/mol. The minimum atomic E-state index is -0.211. The number of ether oxygens (including phenoxy) is 1. The highest BCUT2D eigenvalue weighted by molar-refractivity contribution is 8.00. The number of methoxy groups -OCH3 is 1. The fourth-order valence-corrected chi connectivity index (χ4v) is 4.23. The molecule has 1 saturated heterocycles. The van der Waals surface area contributed by atoms with E-state index in [9.17, 15) is 4.79 Å². The number of carbonyl (C=O) groups excluding carboxylic acids is 1. The molecule has 1 fully saturated rings. The van der Waals surface area contributed by atoms with Crippen molar-refractivity contribution in [2.45, 2.75) is 62.5 Å². The van der Waals surface area contributed by atoms with Crippen molar-refractivity contribution in [3.8, 4) is 17.1 Å². The summed E-state index contributed by atoms with van der Waals surface area (Å²) in [5, 5.41) is 7.60. The Morgan fingerprint density at radius 2 is 1.92 bits per heavy atom. The van der Waals surface area contributed by atoms with Crippen LogP contribution >= 0.6 is 11.8 Å². The molecule has 7 heteroatoms. The van der Waals surface area contributed by atoms with Crippen LogP contribution < -0.4 is 4.74 Å². The number of hydrogen-bond acceptors (Lipinski definition) is 5. The van der Waals surface area contributed by atoms with Crippen molar-refractivity contribution in [2.75, 3.05) is 7.11 Å². The van der Waals surface area contributed by atoms with Crippen LogP contribution in [0, 0.1) is 0 Å². The summed E-state index contributed by atoms with van der Waals surface area (Å²) in [7, 11) is 1.64. The van der Waals surface area contributed by atoms with E-state index in [2.05, 4.69) is 29.0 Å². The van der Waals surface area contributed by atoms with Crippen LogP contribution in [0.2, 0.25) is 0 Å². The standard InChI is InChI=1S/C19H26N4O2S/c1-12-6-5-7-13(2)23(12)18(24)14(3)26-19-20-17(21-22-19)15-8-10-16(25-4)11-9-15/h8-14H,5-7H2,1-4H3,(H,20,21,22)/t12-,13-,14-/m1/s1. The fourth-order valence-electron chi connectivity index (χ4n) is 3.45. The molecule has 0 bridgehead atoms. The van der Waals surface area contributed by atoms with Crippen molar-refractivity contribution in [1.82, 2.24) is 20.1 Å². The van der Waals surface area contributed by atoms with E-state index >= 15 is 0 Å². The molecule has 6 nitrogen and oxygen atoms in total. The number of amides is 1. The predicted molar refractivity (Wildman–Crippen MR) is 103 cm³/mol. The maximum Gasteiger partial charge on any atom is 0.236 e. The minimum absolute atomic E-state index is 0.172. The van der Waals surface area contributed by atoms with Crippen LogP contribution in [0.15, 0.2) is 29.4 Å². The highest BCUT2D eigenvalue weighted by atomic mass is 32.2. The minimum Gasteiger partial charge on any atom is -0.497 e. The maximum atomic E-state index is 12.9. The number of H-pyrrole nitrogens is 1. The van der Waals surface area contributed by atoms with E-state index in [4.69, 9.17) is 4.74 Å². The average Bonchev–Trinajstić information content (AvgIpc) is 3.10. The Morgan fingerprint density at radius 3 is 2.54 bits per heavy atom. The Balaban J connectivity index is 1.67. The number of nitrogens with zero attached hydrogens (tertiary/aromatic N) is 3. The van der Waals surface area contributed by atoms with Gasteiger partial charge in [0, 0.05) is 17.6 Å². The SMILES string of the molecule is COc1ccc(-c2nc(S[C@H](C)C(=O)N3[C@H](C)CCC[C@H]3C)n[nH]2)cc1. The molecule has 1 aromatic carbocycles. The number of thioether (sulfide) groups is 1. The third-order valence-corrected chi connectivity index (χ3v) is 5.85. The van der Waals surface area contributed by atoms with Crippen LogP contribution in [0.5, 0.6) is 5.75 Å². The topological polar surface area (TPSA) is 71.1 Å². The van der Waals surface area contributed by atoms with Crippen molar-refractivity contribution in [2.24, 2.45) is 0 Å². The Kier molecular flexibility index (Phi) is 5.86. The number of carbonyl (C=O) groups is 1. The van der Waals surface area contributed by atoms with Crippen molar-refractivity contribution in [3.63, 3.8) is 0 Å². The Bertz CT molecular complexity index is 736. The third kappa shape index (κ3) is 4.03. The third-order valence-electron chi connectivity index (χ3n) is 4.91. The normalized spacial score (nSPS) is 21.5. The van der Waals surface area contributed by atoms with Gasteiger partial charge in [-0.1, -0.05) is 11.8 Å². The van der Waals surface area contributed by atoms with Gasteiger partial charge in [0.15, 0.2) is 5.82 Å². The first-order chi connectivity index (χ1) is 12.5.